The smallest absolute Gasteiger partial charge is 0.265 e. The molecule has 1 aliphatic rings. The first-order valence-electron chi connectivity index (χ1n) is 6.18. The van der Waals surface area contributed by atoms with E-state index in [2.05, 4.69) is 15.9 Å². The van der Waals surface area contributed by atoms with Crippen LogP contribution in [0.15, 0.2) is 39.7 Å². The Balaban J connectivity index is 1.98. The first-order valence-corrected chi connectivity index (χ1v) is 6.97. The van der Waals surface area contributed by atoms with Crippen molar-refractivity contribution >= 4 is 21.6 Å². The quantitative estimate of drug-likeness (QED) is 0.852. The normalized spacial score (nSPS) is 13.2. The van der Waals surface area contributed by atoms with E-state index in [0.29, 0.717) is 41.4 Å². The summed E-state index contributed by atoms with van der Waals surface area (Å²) in [6, 6.07) is 7.09. The minimum absolute atomic E-state index is 0.0956. The van der Waals surface area contributed by atoms with Crippen LogP contribution in [0.4, 0.5) is 5.69 Å². The molecule has 1 aromatic carbocycles. The minimum atomic E-state index is -0.0956. The average Bonchev–Trinajstić information content (AvgIpc) is 2.44. The Morgan fingerprint density at radius 2 is 1.95 bits per heavy atom. The van der Waals surface area contributed by atoms with Gasteiger partial charge in [-0.05, 0) is 39.7 Å². The van der Waals surface area contributed by atoms with Gasteiger partial charge in [-0.15, -0.1) is 0 Å². The molecule has 6 heteroatoms. The molecular formula is C14H13BrN2O3. The molecule has 5 nitrogen and oxygen atoms in total. The Morgan fingerprint density at radius 1 is 1.25 bits per heavy atom. The van der Waals surface area contributed by atoms with Crippen LogP contribution in [0.5, 0.6) is 11.5 Å². The summed E-state index contributed by atoms with van der Waals surface area (Å²) in [5.74, 6) is 1.32. The average molecular weight is 337 g/mol. The Hall–Kier alpha value is -1.95. The van der Waals surface area contributed by atoms with Crippen molar-refractivity contribution in [2.75, 3.05) is 18.9 Å². The number of halogens is 1. The number of rotatable bonds is 2. The fraction of sp³-hybridized carbons (Fsp3) is 0.214. The Morgan fingerprint density at radius 3 is 2.70 bits per heavy atom. The molecule has 0 atom stereocenters. The van der Waals surface area contributed by atoms with E-state index in [-0.39, 0.29) is 5.56 Å². The molecule has 20 heavy (non-hydrogen) atoms. The third-order valence-electron chi connectivity index (χ3n) is 3.12. The number of hydrogen-bond donors (Lipinski definition) is 1. The monoisotopic (exact) mass is 336 g/mol. The van der Waals surface area contributed by atoms with Gasteiger partial charge in [0.1, 0.15) is 13.2 Å². The third kappa shape index (κ3) is 2.38. The molecule has 3 rings (SSSR count). The molecule has 0 unspecified atom stereocenters. The summed E-state index contributed by atoms with van der Waals surface area (Å²) >= 11 is 3.23. The number of anilines is 1. The molecule has 0 radical (unpaired) electrons. The van der Waals surface area contributed by atoms with Crippen LogP contribution < -0.4 is 20.8 Å². The number of ether oxygens (including phenoxy) is 2. The first kappa shape index (κ1) is 13.1. The number of aromatic nitrogens is 1. The second-order valence-corrected chi connectivity index (χ2v) is 5.34. The fourth-order valence-corrected chi connectivity index (χ4v) is 2.48. The van der Waals surface area contributed by atoms with Crippen molar-refractivity contribution in [3.05, 3.63) is 50.9 Å². The summed E-state index contributed by atoms with van der Waals surface area (Å²) in [5, 5.41) is 0. The molecule has 2 N–H and O–H groups in total. The van der Waals surface area contributed by atoms with Gasteiger partial charge in [0.2, 0.25) is 0 Å². The van der Waals surface area contributed by atoms with Gasteiger partial charge in [-0.3, -0.25) is 4.79 Å². The maximum Gasteiger partial charge on any atom is 0.265 e. The highest BCUT2D eigenvalue weighted by atomic mass is 79.9. The van der Waals surface area contributed by atoms with Gasteiger partial charge in [0.25, 0.3) is 5.56 Å². The van der Waals surface area contributed by atoms with Crippen molar-refractivity contribution in [2.45, 2.75) is 6.54 Å². The topological polar surface area (TPSA) is 66.5 Å². The molecule has 1 aromatic heterocycles. The van der Waals surface area contributed by atoms with E-state index >= 15 is 0 Å². The third-order valence-corrected chi connectivity index (χ3v) is 3.72. The second-order valence-electron chi connectivity index (χ2n) is 4.48. The highest BCUT2D eigenvalue weighted by molar-refractivity contribution is 9.10. The SMILES string of the molecule is Nc1cc2c(cc1Cn1cccc(Br)c1=O)OCCO2. The molecule has 104 valence electrons. The van der Waals surface area contributed by atoms with E-state index in [1.54, 1.807) is 29.0 Å². The van der Waals surface area contributed by atoms with Crippen molar-refractivity contribution in [3.63, 3.8) is 0 Å². The standard InChI is InChI=1S/C14H13BrN2O3/c15-10-2-1-3-17(14(10)18)8-9-6-12-13(7-11(9)16)20-5-4-19-12/h1-3,6-7H,4-5,8,16H2. The lowest BCUT2D eigenvalue weighted by atomic mass is 10.1. The van der Waals surface area contributed by atoms with E-state index in [4.69, 9.17) is 15.2 Å². The summed E-state index contributed by atoms with van der Waals surface area (Å²) in [7, 11) is 0. The van der Waals surface area contributed by atoms with Gasteiger partial charge >= 0.3 is 0 Å². The van der Waals surface area contributed by atoms with Gasteiger partial charge in [0, 0.05) is 18.0 Å². The van der Waals surface area contributed by atoms with Crippen LogP contribution in [-0.2, 0) is 6.54 Å². The predicted molar refractivity (Wildman–Crippen MR) is 79.3 cm³/mol. The van der Waals surface area contributed by atoms with Crippen molar-refractivity contribution in [1.82, 2.24) is 4.57 Å². The molecule has 0 fully saturated rings. The molecule has 1 aliphatic heterocycles. The Bertz CT molecular complexity index is 712. The highest BCUT2D eigenvalue weighted by Gasteiger charge is 2.15. The highest BCUT2D eigenvalue weighted by Crippen LogP contribution is 2.34. The van der Waals surface area contributed by atoms with Crippen LogP contribution in [-0.4, -0.2) is 17.8 Å². The molecular weight excluding hydrogens is 324 g/mol. The largest absolute Gasteiger partial charge is 0.486 e. The van der Waals surface area contributed by atoms with Gasteiger partial charge in [-0.25, -0.2) is 0 Å². The summed E-state index contributed by atoms with van der Waals surface area (Å²) in [5.41, 5.74) is 7.33. The lowest BCUT2D eigenvalue weighted by molar-refractivity contribution is 0.171. The van der Waals surface area contributed by atoms with Gasteiger partial charge in [-0.1, -0.05) is 0 Å². The summed E-state index contributed by atoms with van der Waals surface area (Å²) in [6.07, 6.45) is 1.73. The molecule has 0 amide bonds. The van der Waals surface area contributed by atoms with Gasteiger partial charge in [0.05, 0.1) is 11.0 Å². The number of hydrogen-bond acceptors (Lipinski definition) is 4. The number of benzene rings is 1. The summed E-state index contributed by atoms with van der Waals surface area (Å²) in [6.45, 7) is 1.44. The van der Waals surface area contributed by atoms with Crippen molar-refractivity contribution in [1.29, 1.82) is 0 Å². The molecule has 0 aliphatic carbocycles. The predicted octanol–water partition coefficient (Wildman–Crippen LogP) is 2.01. The zero-order chi connectivity index (χ0) is 14.1. The van der Waals surface area contributed by atoms with Gasteiger partial charge in [-0.2, -0.15) is 0 Å². The minimum Gasteiger partial charge on any atom is -0.486 e. The van der Waals surface area contributed by atoms with Crippen LogP contribution in [0.1, 0.15) is 5.56 Å². The molecule has 0 spiro atoms. The number of nitrogen functional groups attached to an aromatic ring is 1. The van der Waals surface area contributed by atoms with Crippen LogP contribution in [0.2, 0.25) is 0 Å². The lowest BCUT2D eigenvalue weighted by Gasteiger charge is -2.20. The molecule has 2 aromatic rings. The van der Waals surface area contributed by atoms with Crippen LogP contribution in [0.25, 0.3) is 0 Å². The molecule has 2 heterocycles. The lowest BCUT2D eigenvalue weighted by Crippen LogP contribution is -2.21. The van der Waals surface area contributed by atoms with E-state index in [1.165, 1.54) is 0 Å². The number of pyridine rings is 1. The van der Waals surface area contributed by atoms with E-state index in [1.807, 2.05) is 6.07 Å². The maximum absolute atomic E-state index is 12.0. The van der Waals surface area contributed by atoms with Gasteiger partial charge in [0.15, 0.2) is 11.5 Å². The van der Waals surface area contributed by atoms with E-state index in [0.717, 1.165) is 5.56 Å². The fourth-order valence-electron chi connectivity index (χ4n) is 2.10. The second kappa shape index (κ2) is 5.20. The van der Waals surface area contributed by atoms with Crippen molar-refractivity contribution in [3.8, 4) is 11.5 Å². The molecule has 0 saturated heterocycles. The number of fused-ring (bicyclic) bond motifs is 1. The summed E-state index contributed by atoms with van der Waals surface area (Å²) < 4.78 is 13.1. The number of nitrogens with two attached hydrogens (primary N) is 1. The molecule has 0 bridgehead atoms. The van der Waals surface area contributed by atoms with Crippen molar-refractivity contribution < 1.29 is 9.47 Å². The zero-order valence-electron chi connectivity index (χ0n) is 10.6. The summed E-state index contributed by atoms with van der Waals surface area (Å²) in [4.78, 5) is 12.0. The Kier molecular flexibility index (Phi) is 3.40. The van der Waals surface area contributed by atoms with E-state index < -0.39 is 0 Å². The van der Waals surface area contributed by atoms with E-state index in [9.17, 15) is 4.79 Å². The van der Waals surface area contributed by atoms with Crippen LogP contribution in [0.3, 0.4) is 0 Å². The first-order chi connectivity index (χ1) is 9.65. The zero-order valence-corrected chi connectivity index (χ0v) is 12.2. The Labute approximate surface area is 124 Å². The molecule has 0 saturated carbocycles. The van der Waals surface area contributed by atoms with Gasteiger partial charge < -0.3 is 19.8 Å². The number of nitrogens with zero attached hydrogens (tertiary/aromatic N) is 1. The van der Waals surface area contributed by atoms with Crippen molar-refractivity contribution in [2.24, 2.45) is 0 Å². The van der Waals surface area contributed by atoms with Crippen LogP contribution in [0, 0.1) is 0 Å². The van der Waals surface area contributed by atoms with Crippen LogP contribution >= 0.6 is 15.9 Å². The maximum atomic E-state index is 12.0.